The van der Waals surface area contributed by atoms with Crippen LogP contribution in [0, 0.1) is 0 Å². The van der Waals surface area contributed by atoms with Gasteiger partial charge in [0.05, 0.1) is 0 Å². The van der Waals surface area contributed by atoms with Gasteiger partial charge < -0.3 is 10.2 Å². The molecule has 8 heteroatoms. The topological polar surface area (TPSA) is 76.3 Å². The fourth-order valence-electron chi connectivity index (χ4n) is 2.18. The van der Waals surface area contributed by atoms with Crippen molar-refractivity contribution in [3.63, 3.8) is 0 Å². The van der Waals surface area contributed by atoms with Gasteiger partial charge in [0.15, 0.2) is 0 Å². The van der Waals surface area contributed by atoms with Crippen LogP contribution in [0.2, 0.25) is 0 Å². The Morgan fingerprint density at radius 3 is 2.80 bits per heavy atom. The van der Waals surface area contributed by atoms with Crippen LogP contribution in [0.15, 0.2) is 21.9 Å². The zero-order valence-corrected chi connectivity index (χ0v) is 12.4. The van der Waals surface area contributed by atoms with Crippen molar-refractivity contribution >= 4 is 18.3 Å². The Kier molecular flexibility index (Phi) is 5.52. The van der Waals surface area contributed by atoms with Gasteiger partial charge in [0.1, 0.15) is 6.54 Å². The number of carbonyl (C=O) groups is 1. The molecular weight excluding hydrogens is 284 g/mol. The van der Waals surface area contributed by atoms with Crippen molar-refractivity contribution < 1.29 is 4.79 Å². The Hall–Kier alpha value is -1.60. The number of aromatic nitrogens is 2. The molecule has 2 rings (SSSR count). The van der Waals surface area contributed by atoms with Crippen molar-refractivity contribution in [2.45, 2.75) is 19.5 Å². The Labute approximate surface area is 122 Å². The zero-order chi connectivity index (χ0) is 14.0. The fourth-order valence-corrected chi connectivity index (χ4v) is 2.18. The van der Waals surface area contributed by atoms with Gasteiger partial charge in [-0.05, 0) is 6.92 Å². The summed E-state index contributed by atoms with van der Waals surface area (Å²) in [5.41, 5.74) is -0.840. The average Bonchev–Trinajstić information content (AvgIpc) is 2.40. The number of halogens is 1. The molecule has 1 fully saturated rings. The lowest BCUT2D eigenvalue weighted by molar-refractivity contribution is -0.134. The highest BCUT2D eigenvalue weighted by Gasteiger charge is 2.23. The molecule has 1 amide bonds. The number of nitrogens with one attached hydrogen (secondary N) is 1. The van der Waals surface area contributed by atoms with E-state index in [1.807, 2.05) is 6.92 Å². The first-order valence-corrected chi connectivity index (χ1v) is 6.27. The summed E-state index contributed by atoms with van der Waals surface area (Å²) in [5, 5.41) is 3.20. The molecule has 1 aliphatic heterocycles. The number of nitrogens with zero attached hydrogens (tertiary/aromatic N) is 3. The van der Waals surface area contributed by atoms with Crippen LogP contribution < -0.4 is 16.6 Å². The number of piperazine rings is 1. The molecule has 1 saturated heterocycles. The van der Waals surface area contributed by atoms with E-state index in [0.717, 1.165) is 17.7 Å². The summed E-state index contributed by atoms with van der Waals surface area (Å²) in [5.74, 6) is -0.102. The molecule has 1 aromatic rings. The smallest absolute Gasteiger partial charge is 0.331 e. The molecule has 1 N–H and O–H groups in total. The van der Waals surface area contributed by atoms with Crippen LogP contribution >= 0.6 is 12.4 Å². The predicted octanol–water partition coefficient (Wildman–Crippen LogP) is -1.21. The Morgan fingerprint density at radius 1 is 1.45 bits per heavy atom. The molecule has 0 radical (unpaired) electrons. The zero-order valence-electron chi connectivity index (χ0n) is 11.5. The highest BCUT2D eigenvalue weighted by molar-refractivity contribution is 5.85. The molecular formula is C12H19ClN4O3. The molecule has 0 unspecified atom stereocenters. The number of rotatable bonds is 2. The highest BCUT2D eigenvalue weighted by Crippen LogP contribution is 2.03. The maximum Gasteiger partial charge on any atom is 0.331 e. The molecule has 0 bridgehead atoms. The molecule has 0 aromatic carbocycles. The van der Waals surface area contributed by atoms with Crippen LogP contribution in [-0.4, -0.2) is 45.6 Å². The number of hydrogen-bond donors (Lipinski definition) is 1. The highest BCUT2D eigenvalue weighted by atomic mass is 35.5. The molecule has 1 aromatic heterocycles. The molecule has 0 saturated carbocycles. The van der Waals surface area contributed by atoms with E-state index in [1.54, 1.807) is 4.90 Å². The van der Waals surface area contributed by atoms with Gasteiger partial charge in [-0.25, -0.2) is 4.79 Å². The van der Waals surface area contributed by atoms with Crippen LogP contribution in [-0.2, 0) is 18.4 Å². The number of hydrogen-bond acceptors (Lipinski definition) is 4. The second-order valence-electron chi connectivity index (χ2n) is 4.76. The first-order chi connectivity index (χ1) is 9.00. The summed E-state index contributed by atoms with van der Waals surface area (Å²) in [7, 11) is 1.40. The summed E-state index contributed by atoms with van der Waals surface area (Å²) in [6, 6.07) is 1.40. The minimum absolute atomic E-state index is 0. The molecule has 1 aliphatic rings. The third-order valence-corrected chi connectivity index (χ3v) is 3.39. The Bertz CT molecular complexity index is 595. The van der Waals surface area contributed by atoms with E-state index < -0.39 is 5.69 Å². The lowest BCUT2D eigenvalue weighted by atomic mass is 10.2. The Morgan fingerprint density at radius 2 is 2.15 bits per heavy atom. The predicted molar refractivity (Wildman–Crippen MR) is 77.2 cm³/mol. The van der Waals surface area contributed by atoms with Crippen LogP contribution in [0.5, 0.6) is 0 Å². The molecule has 2 heterocycles. The number of carbonyl (C=O) groups excluding carboxylic acids is 1. The maximum absolute atomic E-state index is 12.2. The normalized spacial score (nSPS) is 18.5. The van der Waals surface area contributed by atoms with Gasteiger partial charge in [-0.1, -0.05) is 0 Å². The lowest BCUT2D eigenvalue weighted by Crippen LogP contribution is -2.53. The minimum atomic E-state index is -0.469. The lowest BCUT2D eigenvalue weighted by Gasteiger charge is -2.34. The van der Waals surface area contributed by atoms with Gasteiger partial charge in [0.2, 0.25) is 5.91 Å². The molecule has 0 spiro atoms. The molecule has 1 atom stereocenters. The van der Waals surface area contributed by atoms with E-state index in [9.17, 15) is 14.4 Å². The van der Waals surface area contributed by atoms with Crippen molar-refractivity contribution in [3.8, 4) is 0 Å². The van der Waals surface area contributed by atoms with Crippen molar-refractivity contribution in [2.24, 2.45) is 7.05 Å². The van der Waals surface area contributed by atoms with Crippen molar-refractivity contribution in [2.75, 3.05) is 19.6 Å². The van der Waals surface area contributed by atoms with E-state index in [1.165, 1.54) is 23.9 Å². The van der Waals surface area contributed by atoms with Gasteiger partial charge in [-0.2, -0.15) is 0 Å². The second-order valence-corrected chi connectivity index (χ2v) is 4.76. The summed E-state index contributed by atoms with van der Waals surface area (Å²) in [4.78, 5) is 37.0. The second kappa shape index (κ2) is 6.71. The SMILES string of the molecule is C[C@H]1CNCCN1C(=O)Cn1ccc(=O)n(C)c1=O.Cl. The average molecular weight is 303 g/mol. The van der Waals surface area contributed by atoms with Crippen molar-refractivity contribution in [3.05, 3.63) is 33.1 Å². The van der Waals surface area contributed by atoms with Crippen LogP contribution in [0.4, 0.5) is 0 Å². The van der Waals surface area contributed by atoms with Gasteiger partial charge in [-0.15, -0.1) is 12.4 Å². The third kappa shape index (κ3) is 3.29. The summed E-state index contributed by atoms with van der Waals surface area (Å²) >= 11 is 0. The van der Waals surface area contributed by atoms with Gasteiger partial charge in [0.25, 0.3) is 5.56 Å². The number of amides is 1. The third-order valence-electron chi connectivity index (χ3n) is 3.39. The van der Waals surface area contributed by atoms with E-state index in [0.29, 0.717) is 6.54 Å². The Balaban J connectivity index is 0.00000200. The van der Waals surface area contributed by atoms with Crippen LogP contribution in [0.1, 0.15) is 6.92 Å². The van der Waals surface area contributed by atoms with E-state index in [-0.39, 0.29) is 36.5 Å². The monoisotopic (exact) mass is 302 g/mol. The van der Waals surface area contributed by atoms with Crippen molar-refractivity contribution in [1.82, 2.24) is 19.4 Å². The largest absolute Gasteiger partial charge is 0.336 e. The molecule has 20 heavy (non-hydrogen) atoms. The van der Waals surface area contributed by atoms with Crippen LogP contribution in [0.3, 0.4) is 0 Å². The fraction of sp³-hybridized carbons (Fsp3) is 0.583. The standard InChI is InChI=1S/C12H18N4O3.ClH/c1-9-7-13-4-6-16(9)11(18)8-15-5-3-10(17)14(2)12(15)19;/h3,5,9,13H,4,6-8H2,1-2H3;1H/t9-;/m0./s1. The van der Waals surface area contributed by atoms with E-state index in [4.69, 9.17) is 0 Å². The minimum Gasteiger partial charge on any atom is -0.336 e. The van der Waals surface area contributed by atoms with Crippen LogP contribution in [0.25, 0.3) is 0 Å². The summed E-state index contributed by atoms with van der Waals surface area (Å²) < 4.78 is 2.26. The first-order valence-electron chi connectivity index (χ1n) is 6.27. The van der Waals surface area contributed by atoms with Gasteiger partial charge in [-0.3, -0.25) is 18.7 Å². The maximum atomic E-state index is 12.2. The quantitative estimate of drug-likeness (QED) is 0.744. The summed E-state index contributed by atoms with van der Waals surface area (Å²) in [6.07, 6.45) is 1.37. The summed E-state index contributed by atoms with van der Waals surface area (Å²) in [6.45, 7) is 4.09. The molecule has 112 valence electrons. The van der Waals surface area contributed by atoms with E-state index in [2.05, 4.69) is 5.32 Å². The first kappa shape index (κ1) is 16.5. The molecule has 7 nitrogen and oxygen atoms in total. The van der Waals surface area contributed by atoms with Gasteiger partial charge >= 0.3 is 5.69 Å². The molecule has 0 aliphatic carbocycles. The van der Waals surface area contributed by atoms with Crippen molar-refractivity contribution in [1.29, 1.82) is 0 Å². The van der Waals surface area contributed by atoms with Gasteiger partial charge in [0, 0.05) is 45.0 Å². The van der Waals surface area contributed by atoms with E-state index >= 15 is 0 Å².